The highest BCUT2D eigenvalue weighted by Crippen LogP contribution is 2.34. The third-order valence-electron chi connectivity index (χ3n) is 5.01. The topological polar surface area (TPSA) is 77.4 Å². The first-order valence-corrected chi connectivity index (χ1v) is 10.1. The fourth-order valence-electron chi connectivity index (χ4n) is 3.46. The van der Waals surface area contributed by atoms with Crippen molar-refractivity contribution < 1.29 is 37.9 Å². The van der Waals surface area contributed by atoms with Crippen molar-refractivity contribution in [2.24, 2.45) is 0 Å². The SMILES string of the molecule is CC1(C)O[C@H]([C@@H](CO)OCc2ccc(F)cc2)[C@@H]([C@@H](CO)OCc2ccc(F)cc2)O1. The predicted molar refractivity (Wildman–Crippen MR) is 108 cm³/mol. The number of rotatable bonds is 10. The molecule has 2 N–H and O–H groups in total. The quantitative estimate of drug-likeness (QED) is 0.594. The zero-order valence-corrected chi connectivity index (χ0v) is 17.5. The van der Waals surface area contributed by atoms with Crippen molar-refractivity contribution in [2.45, 2.75) is 57.3 Å². The van der Waals surface area contributed by atoms with E-state index in [1.54, 1.807) is 38.1 Å². The van der Waals surface area contributed by atoms with Gasteiger partial charge in [0.05, 0.1) is 26.4 Å². The molecule has 170 valence electrons. The predicted octanol–water partition coefficient (Wildman–Crippen LogP) is 2.94. The lowest BCUT2D eigenvalue weighted by atomic mass is 10.0. The maximum atomic E-state index is 13.1. The molecular formula is C23H28F2O6. The molecule has 1 aliphatic rings. The average molecular weight is 438 g/mol. The van der Waals surface area contributed by atoms with Gasteiger partial charge in [0.1, 0.15) is 36.1 Å². The number of hydrogen-bond donors (Lipinski definition) is 2. The van der Waals surface area contributed by atoms with E-state index < -0.39 is 30.2 Å². The summed E-state index contributed by atoms with van der Waals surface area (Å²) < 4.78 is 49.8. The molecule has 6 nitrogen and oxygen atoms in total. The van der Waals surface area contributed by atoms with E-state index in [1.165, 1.54) is 24.3 Å². The summed E-state index contributed by atoms with van der Waals surface area (Å²) >= 11 is 0. The Morgan fingerprint density at radius 3 is 1.45 bits per heavy atom. The van der Waals surface area contributed by atoms with Crippen LogP contribution in [0.1, 0.15) is 25.0 Å². The third kappa shape index (κ3) is 6.52. The van der Waals surface area contributed by atoms with Crippen LogP contribution in [0, 0.1) is 11.6 Å². The van der Waals surface area contributed by atoms with Gasteiger partial charge in [-0.2, -0.15) is 0 Å². The zero-order valence-electron chi connectivity index (χ0n) is 17.5. The number of aliphatic hydroxyl groups is 2. The van der Waals surface area contributed by atoms with Gasteiger partial charge in [-0.05, 0) is 49.2 Å². The summed E-state index contributed by atoms with van der Waals surface area (Å²) in [6.45, 7) is 3.03. The van der Waals surface area contributed by atoms with Crippen LogP contribution >= 0.6 is 0 Å². The first-order valence-electron chi connectivity index (χ1n) is 10.1. The summed E-state index contributed by atoms with van der Waals surface area (Å²) in [4.78, 5) is 0. The highest BCUT2D eigenvalue weighted by atomic mass is 19.1. The molecule has 1 fully saturated rings. The molecule has 0 radical (unpaired) electrons. The van der Waals surface area contributed by atoms with Gasteiger partial charge < -0.3 is 29.2 Å². The van der Waals surface area contributed by atoms with Gasteiger partial charge in [-0.3, -0.25) is 0 Å². The van der Waals surface area contributed by atoms with Crippen molar-refractivity contribution in [1.82, 2.24) is 0 Å². The van der Waals surface area contributed by atoms with Gasteiger partial charge in [0.15, 0.2) is 5.79 Å². The van der Waals surface area contributed by atoms with E-state index in [2.05, 4.69) is 0 Å². The maximum Gasteiger partial charge on any atom is 0.164 e. The summed E-state index contributed by atoms with van der Waals surface area (Å²) in [7, 11) is 0. The summed E-state index contributed by atoms with van der Waals surface area (Å²) in [5, 5.41) is 19.9. The Morgan fingerprint density at radius 2 is 1.13 bits per heavy atom. The molecule has 1 saturated heterocycles. The van der Waals surface area contributed by atoms with Crippen molar-refractivity contribution >= 4 is 0 Å². The lowest BCUT2D eigenvalue weighted by Gasteiger charge is -2.29. The zero-order chi connectivity index (χ0) is 22.4. The Balaban J connectivity index is 1.67. The van der Waals surface area contributed by atoms with Crippen LogP contribution < -0.4 is 0 Å². The first kappa shape index (κ1) is 23.7. The average Bonchev–Trinajstić information content (AvgIpc) is 3.07. The number of aliphatic hydroxyl groups excluding tert-OH is 2. The third-order valence-corrected chi connectivity index (χ3v) is 5.01. The Hall–Kier alpha value is -1.94. The molecule has 8 heteroatoms. The minimum atomic E-state index is -0.978. The van der Waals surface area contributed by atoms with Crippen molar-refractivity contribution in [3.63, 3.8) is 0 Å². The molecule has 0 unspecified atom stereocenters. The number of hydrogen-bond acceptors (Lipinski definition) is 6. The molecule has 0 aromatic heterocycles. The molecule has 2 aromatic carbocycles. The molecule has 0 spiro atoms. The van der Waals surface area contributed by atoms with Gasteiger partial charge in [-0.1, -0.05) is 24.3 Å². The van der Waals surface area contributed by atoms with Gasteiger partial charge in [-0.15, -0.1) is 0 Å². The lowest BCUT2D eigenvalue weighted by molar-refractivity contribution is -0.170. The second-order valence-electron chi connectivity index (χ2n) is 7.88. The summed E-state index contributed by atoms with van der Waals surface area (Å²) in [5.41, 5.74) is 1.47. The van der Waals surface area contributed by atoms with Crippen LogP contribution in [0.5, 0.6) is 0 Å². The Kier molecular flexibility index (Phi) is 8.10. The molecule has 1 heterocycles. The Labute approximate surface area is 180 Å². The molecular weight excluding hydrogens is 410 g/mol. The fraction of sp³-hybridized carbons (Fsp3) is 0.478. The summed E-state index contributed by atoms with van der Waals surface area (Å²) in [6, 6.07) is 11.7. The van der Waals surface area contributed by atoms with E-state index in [-0.39, 0.29) is 38.1 Å². The van der Waals surface area contributed by atoms with Crippen LogP contribution in [0.4, 0.5) is 8.78 Å². The van der Waals surface area contributed by atoms with E-state index >= 15 is 0 Å². The Bertz CT molecular complexity index is 744. The summed E-state index contributed by atoms with van der Waals surface area (Å²) in [5.74, 6) is -1.67. The van der Waals surface area contributed by atoms with Crippen LogP contribution in [-0.2, 0) is 32.2 Å². The molecule has 0 bridgehead atoms. The van der Waals surface area contributed by atoms with Crippen molar-refractivity contribution in [3.05, 3.63) is 71.3 Å². The van der Waals surface area contributed by atoms with Crippen molar-refractivity contribution in [3.8, 4) is 0 Å². The lowest BCUT2D eigenvalue weighted by Crippen LogP contribution is -2.47. The van der Waals surface area contributed by atoms with Gasteiger partial charge in [-0.25, -0.2) is 8.78 Å². The maximum absolute atomic E-state index is 13.1. The minimum absolute atomic E-state index is 0.138. The minimum Gasteiger partial charge on any atom is -0.394 e. The first-order chi connectivity index (χ1) is 14.8. The molecule has 3 rings (SSSR count). The van der Waals surface area contributed by atoms with Crippen LogP contribution in [0.15, 0.2) is 48.5 Å². The van der Waals surface area contributed by atoms with Crippen LogP contribution in [0.25, 0.3) is 0 Å². The monoisotopic (exact) mass is 438 g/mol. The van der Waals surface area contributed by atoms with Crippen LogP contribution in [0.3, 0.4) is 0 Å². The van der Waals surface area contributed by atoms with Gasteiger partial charge in [0.2, 0.25) is 0 Å². The molecule has 0 aliphatic carbocycles. The molecule has 2 aromatic rings. The molecule has 31 heavy (non-hydrogen) atoms. The van der Waals surface area contributed by atoms with Crippen LogP contribution in [0.2, 0.25) is 0 Å². The molecule has 4 atom stereocenters. The van der Waals surface area contributed by atoms with Crippen LogP contribution in [-0.4, -0.2) is 53.6 Å². The largest absolute Gasteiger partial charge is 0.394 e. The normalized spacial score (nSPS) is 22.4. The number of halogens is 2. The molecule has 1 aliphatic heterocycles. The van der Waals surface area contributed by atoms with E-state index in [9.17, 15) is 19.0 Å². The van der Waals surface area contributed by atoms with Gasteiger partial charge in [0.25, 0.3) is 0 Å². The highest BCUT2D eigenvalue weighted by molar-refractivity contribution is 5.16. The standard InChI is InChI=1S/C23H28F2O6/c1-23(2)30-21(19(11-26)28-13-15-3-7-17(24)8-4-15)22(31-23)20(12-27)29-14-16-5-9-18(25)10-6-16/h3-10,19-22,26-27H,11-14H2,1-2H3/t19-,20-,21-,22-/m1/s1. The second kappa shape index (κ2) is 10.6. The van der Waals surface area contributed by atoms with Crippen molar-refractivity contribution in [1.29, 1.82) is 0 Å². The Morgan fingerprint density at radius 1 is 0.774 bits per heavy atom. The van der Waals surface area contributed by atoms with Crippen molar-refractivity contribution in [2.75, 3.05) is 13.2 Å². The number of ether oxygens (including phenoxy) is 4. The fourth-order valence-corrected chi connectivity index (χ4v) is 3.46. The summed E-state index contributed by atoms with van der Waals surface area (Å²) in [6.07, 6.45) is -2.96. The van der Waals surface area contributed by atoms with E-state index in [0.29, 0.717) is 0 Å². The second-order valence-corrected chi connectivity index (χ2v) is 7.88. The highest BCUT2D eigenvalue weighted by Gasteiger charge is 2.49. The van der Waals surface area contributed by atoms with Gasteiger partial charge in [0, 0.05) is 0 Å². The van der Waals surface area contributed by atoms with Gasteiger partial charge >= 0.3 is 0 Å². The molecule has 0 amide bonds. The van der Waals surface area contributed by atoms with E-state index in [4.69, 9.17) is 18.9 Å². The smallest absolute Gasteiger partial charge is 0.164 e. The van der Waals surface area contributed by atoms with E-state index in [1.807, 2.05) is 0 Å². The number of benzene rings is 2. The van der Waals surface area contributed by atoms with E-state index in [0.717, 1.165) is 11.1 Å². The molecule has 0 saturated carbocycles.